The van der Waals surface area contributed by atoms with Gasteiger partial charge in [-0.2, -0.15) is 0 Å². The Labute approximate surface area is 299 Å². The second-order valence-electron chi connectivity index (χ2n) is 11.6. The maximum atomic E-state index is 11.6. The molecule has 0 unspecified atom stereocenters. The highest BCUT2D eigenvalue weighted by molar-refractivity contribution is 5.90. The molecule has 7 aromatic rings. The van der Waals surface area contributed by atoms with Crippen molar-refractivity contribution >= 4 is 41.2 Å². The van der Waals surface area contributed by atoms with Crippen molar-refractivity contribution in [3.63, 3.8) is 0 Å². The fraction of sp³-hybridized carbons (Fsp3) is 0. The van der Waals surface area contributed by atoms with Crippen LogP contribution >= 0.6 is 0 Å². The summed E-state index contributed by atoms with van der Waals surface area (Å²) >= 11 is 0. The molecule has 0 amide bonds. The van der Waals surface area contributed by atoms with E-state index in [9.17, 15) is 19.8 Å². The minimum absolute atomic E-state index is 0.0693. The van der Waals surface area contributed by atoms with Gasteiger partial charge in [0.2, 0.25) is 0 Å². The van der Waals surface area contributed by atoms with Gasteiger partial charge in [-0.15, -0.1) is 0 Å². The van der Waals surface area contributed by atoms with Crippen LogP contribution in [-0.2, 0) is 0 Å². The maximum absolute atomic E-state index is 11.6. The fourth-order valence-electron chi connectivity index (χ4n) is 5.56. The number of ether oxygens (including phenoxy) is 1. The molecule has 252 valence electrons. The van der Waals surface area contributed by atoms with Gasteiger partial charge < -0.3 is 19.8 Å². The van der Waals surface area contributed by atoms with E-state index in [0.29, 0.717) is 34.3 Å². The van der Waals surface area contributed by atoms with Crippen molar-refractivity contribution in [1.29, 1.82) is 0 Å². The number of rotatable bonds is 11. The van der Waals surface area contributed by atoms with Gasteiger partial charge in [0.05, 0.1) is 33.9 Å². The van der Waals surface area contributed by atoms with Crippen LogP contribution in [0.25, 0.3) is 34.9 Å². The topological polar surface area (TPSA) is 126 Å². The molecule has 0 fully saturated rings. The molecule has 0 aliphatic carbocycles. The number of carboxylic acids is 2. The molecular weight excluding hydrogens is 652 g/mol. The van der Waals surface area contributed by atoms with Crippen molar-refractivity contribution in [3.05, 3.63) is 180 Å². The third kappa shape index (κ3) is 7.74. The number of pyridine rings is 3. The predicted octanol–water partition coefficient (Wildman–Crippen LogP) is 10.0. The number of hydrogen-bond acceptors (Lipinski definition) is 7. The Bertz CT molecular complexity index is 2270. The molecular formula is C43H30N4O5. The second-order valence-corrected chi connectivity index (χ2v) is 11.6. The number of nitrogens with zero attached hydrogens (tertiary/aromatic N) is 4. The zero-order valence-electron chi connectivity index (χ0n) is 27.6. The predicted molar refractivity (Wildman–Crippen MR) is 201 cm³/mol. The summed E-state index contributed by atoms with van der Waals surface area (Å²) in [6, 6.07) is 45.3. The van der Waals surface area contributed by atoms with E-state index in [4.69, 9.17) is 4.74 Å². The van der Waals surface area contributed by atoms with Crippen molar-refractivity contribution in [2.24, 2.45) is 0 Å². The molecule has 3 aromatic heterocycles. The lowest BCUT2D eigenvalue weighted by atomic mass is 10.1. The Morgan fingerprint density at radius 3 is 1.42 bits per heavy atom. The number of benzene rings is 4. The molecule has 0 atom stereocenters. The van der Waals surface area contributed by atoms with Crippen LogP contribution in [0.4, 0.5) is 17.1 Å². The summed E-state index contributed by atoms with van der Waals surface area (Å²) in [5, 5.41) is 19.0. The molecule has 2 N–H and O–H groups in total. The Hall–Kier alpha value is -7.39. The number of hydrogen-bond donors (Lipinski definition) is 2. The minimum Gasteiger partial charge on any atom is -0.478 e. The smallest absolute Gasteiger partial charge is 0.335 e. The van der Waals surface area contributed by atoms with Gasteiger partial charge in [-0.1, -0.05) is 60.7 Å². The number of aromatic carboxylic acids is 2. The van der Waals surface area contributed by atoms with Gasteiger partial charge in [0.1, 0.15) is 11.5 Å². The molecule has 3 heterocycles. The Balaban J connectivity index is 1.11. The Morgan fingerprint density at radius 2 is 0.942 bits per heavy atom. The van der Waals surface area contributed by atoms with Crippen LogP contribution in [-0.4, -0.2) is 37.1 Å². The van der Waals surface area contributed by atoms with Crippen LogP contribution in [0.15, 0.2) is 158 Å². The minimum atomic E-state index is -1.09. The average molecular weight is 683 g/mol. The van der Waals surface area contributed by atoms with Crippen molar-refractivity contribution in [3.8, 4) is 34.3 Å². The quantitative estimate of drug-likeness (QED) is 0.137. The molecule has 4 aromatic carbocycles. The van der Waals surface area contributed by atoms with Crippen molar-refractivity contribution in [2.75, 3.05) is 4.90 Å². The first-order valence-corrected chi connectivity index (χ1v) is 16.3. The molecule has 0 bridgehead atoms. The third-order valence-electron chi connectivity index (χ3n) is 8.09. The Morgan fingerprint density at radius 1 is 0.500 bits per heavy atom. The van der Waals surface area contributed by atoms with E-state index in [2.05, 4.69) is 44.1 Å². The van der Waals surface area contributed by atoms with E-state index in [1.54, 1.807) is 12.1 Å². The van der Waals surface area contributed by atoms with Crippen molar-refractivity contribution < 1.29 is 24.5 Å². The summed E-state index contributed by atoms with van der Waals surface area (Å²) in [4.78, 5) is 38.8. The fourth-order valence-corrected chi connectivity index (χ4v) is 5.56. The molecule has 52 heavy (non-hydrogen) atoms. The molecule has 0 aliphatic heterocycles. The van der Waals surface area contributed by atoms with Crippen LogP contribution in [0.5, 0.6) is 11.5 Å². The molecule has 9 nitrogen and oxygen atoms in total. The lowest BCUT2D eigenvalue weighted by Gasteiger charge is -2.25. The van der Waals surface area contributed by atoms with Crippen LogP contribution in [0.3, 0.4) is 0 Å². The SMILES string of the molecule is O=C(O)c1ccnc(-c2cc(/C=C/c3ccc(Oc4ccc(N(c5ccccc5)c5ccccc5)cc4)cc3)cc(-c3cc(C(=O)O)ccn3)n2)c1. The summed E-state index contributed by atoms with van der Waals surface area (Å²) < 4.78 is 6.18. The maximum Gasteiger partial charge on any atom is 0.335 e. The monoisotopic (exact) mass is 682 g/mol. The van der Waals surface area contributed by atoms with E-state index in [-0.39, 0.29) is 11.1 Å². The molecule has 0 saturated carbocycles. The first kappa shape index (κ1) is 33.1. The molecule has 9 heteroatoms. The highest BCUT2D eigenvalue weighted by Gasteiger charge is 2.14. The van der Waals surface area contributed by atoms with Crippen LogP contribution in [0.2, 0.25) is 0 Å². The number of para-hydroxylation sites is 2. The standard InChI is InChI=1S/C43H30N4O5/c48-42(49)31-21-23-44-38(27-31)40-25-30(26-41(46-40)39-28-32(43(50)51)22-24-45-39)12-11-29-13-17-36(18-14-29)52-37-19-15-35(16-20-37)47(33-7-3-1-4-8-33)34-9-5-2-6-10-34/h1-28H,(H,48,49)(H,50,51)/b12-11+. The highest BCUT2D eigenvalue weighted by Crippen LogP contribution is 2.35. The van der Waals surface area contributed by atoms with Crippen LogP contribution in [0.1, 0.15) is 31.8 Å². The van der Waals surface area contributed by atoms with Gasteiger partial charge in [0, 0.05) is 29.5 Å². The third-order valence-corrected chi connectivity index (χ3v) is 8.09. The zero-order valence-corrected chi connectivity index (χ0v) is 27.6. The van der Waals surface area contributed by atoms with Gasteiger partial charge in [-0.25, -0.2) is 14.6 Å². The van der Waals surface area contributed by atoms with Crippen LogP contribution in [0, 0.1) is 0 Å². The van der Waals surface area contributed by atoms with Crippen molar-refractivity contribution in [2.45, 2.75) is 0 Å². The summed E-state index contributed by atoms with van der Waals surface area (Å²) in [6.07, 6.45) is 6.63. The number of aromatic nitrogens is 3. The Kier molecular flexibility index (Phi) is 9.57. The molecule has 0 radical (unpaired) electrons. The van der Waals surface area contributed by atoms with E-state index in [1.165, 1.54) is 36.7 Å². The van der Waals surface area contributed by atoms with Gasteiger partial charge in [-0.3, -0.25) is 9.97 Å². The first-order valence-electron chi connectivity index (χ1n) is 16.3. The van der Waals surface area contributed by atoms with Gasteiger partial charge >= 0.3 is 11.9 Å². The van der Waals surface area contributed by atoms with E-state index in [1.807, 2.05) is 97.1 Å². The van der Waals surface area contributed by atoms with Crippen LogP contribution < -0.4 is 9.64 Å². The first-order chi connectivity index (χ1) is 25.4. The lowest BCUT2D eigenvalue weighted by Crippen LogP contribution is -2.09. The van der Waals surface area contributed by atoms with Gasteiger partial charge in [0.15, 0.2) is 0 Å². The molecule has 0 saturated heterocycles. The van der Waals surface area contributed by atoms with E-state index >= 15 is 0 Å². The van der Waals surface area contributed by atoms with Crippen molar-refractivity contribution in [1.82, 2.24) is 15.0 Å². The second kappa shape index (κ2) is 15.0. The van der Waals surface area contributed by atoms with E-state index in [0.717, 1.165) is 28.2 Å². The molecule has 0 spiro atoms. The lowest BCUT2D eigenvalue weighted by molar-refractivity contribution is 0.0686. The number of anilines is 3. The average Bonchev–Trinajstić information content (AvgIpc) is 3.19. The largest absolute Gasteiger partial charge is 0.478 e. The normalized spacial score (nSPS) is 10.9. The summed E-state index contributed by atoms with van der Waals surface area (Å²) in [7, 11) is 0. The van der Waals surface area contributed by atoms with E-state index < -0.39 is 11.9 Å². The van der Waals surface area contributed by atoms with Gasteiger partial charge in [0.25, 0.3) is 0 Å². The zero-order chi connectivity index (χ0) is 35.9. The highest BCUT2D eigenvalue weighted by atomic mass is 16.5. The molecule has 0 aliphatic rings. The summed E-state index contributed by atoms with van der Waals surface area (Å²) in [5.74, 6) is -0.794. The number of carbonyl (C=O) groups is 2. The van der Waals surface area contributed by atoms with Gasteiger partial charge in [-0.05, 0) is 108 Å². The summed E-state index contributed by atoms with van der Waals surface area (Å²) in [5.41, 5.74) is 6.41. The number of carboxylic acid groups (broad SMARTS) is 2. The summed E-state index contributed by atoms with van der Waals surface area (Å²) in [6.45, 7) is 0. The molecule has 7 rings (SSSR count).